The van der Waals surface area contributed by atoms with Gasteiger partial charge >= 0.3 is 0 Å². The first-order valence-electron chi connectivity index (χ1n) is 8.15. The zero-order valence-electron chi connectivity index (χ0n) is 14.6. The Morgan fingerprint density at radius 1 is 1.00 bits per heavy atom. The first-order chi connectivity index (χ1) is 13.7. The van der Waals surface area contributed by atoms with Crippen LogP contribution in [0, 0.1) is 21.7 Å². The van der Waals surface area contributed by atoms with E-state index in [0.717, 1.165) is 40.7 Å². The van der Waals surface area contributed by atoms with Crippen LogP contribution in [-0.4, -0.2) is 13.3 Å². The number of hydrogen-bond acceptors (Lipinski definition) is 4. The zero-order chi connectivity index (χ0) is 21.2. The fraction of sp³-hybridized carbons (Fsp3) is 0.0526. The number of sulfonamides is 1. The Labute approximate surface area is 170 Å². The van der Waals surface area contributed by atoms with Crippen molar-refractivity contribution in [1.29, 1.82) is 0 Å². The van der Waals surface area contributed by atoms with Crippen LogP contribution in [0.4, 0.5) is 20.2 Å². The molecule has 0 aliphatic carbocycles. The van der Waals surface area contributed by atoms with Crippen LogP contribution in [0.25, 0.3) is 0 Å². The average molecular weight is 439 g/mol. The summed E-state index contributed by atoms with van der Waals surface area (Å²) in [7, 11) is -4.25. The molecule has 3 rings (SSSR count). The molecule has 0 saturated heterocycles. The summed E-state index contributed by atoms with van der Waals surface area (Å²) in [5.74, 6) is -1.70. The molecule has 0 atom stereocenters. The van der Waals surface area contributed by atoms with Crippen LogP contribution in [0.15, 0.2) is 71.6 Å². The summed E-state index contributed by atoms with van der Waals surface area (Å²) >= 11 is 5.98. The summed E-state index contributed by atoms with van der Waals surface area (Å²) in [4.78, 5) is 9.93. The number of hydrogen-bond donors (Lipinski definition) is 0. The van der Waals surface area contributed by atoms with Gasteiger partial charge in [0.2, 0.25) is 0 Å². The second-order valence-electron chi connectivity index (χ2n) is 5.98. The highest BCUT2D eigenvalue weighted by atomic mass is 35.5. The van der Waals surface area contributed by atoms with Crippen LogP contribution in [0.3, 0.4) is 0 Å². The van der Waals surface area contributed by atoms with Crippen LogP contribution >= 0.6 is 11.6 Å². The molecule has 0 unspecified atom stereocenters. The van der Waals surface area contributed by atoms with Gasteiger partial charge in [0.25, 0.3) is 15.7 Å². The highest BCUT2D eigenvalue weighted by Gasteiger charge is 2.27. The predicted molar refractivity (Wildman–Crippen MR) is 104 cm³/mol. The molecule has 0 aromatic heterocycles. The van der Waals surface area contributed by atoms with Crippen molar-refractivity contribution >= 4 is 33.0 Å². The molecule has 0 N–H and O–H groups in total. The number of anilines is 1. The lowest BCUT2D eigenvalue weighted by molar-refractivity contribution is -0.384. The van der Waals surface area contributed by atoms with Gasteiger partial charge in [0.15, 0.2) is 0 Å². The monoisotopic (exact) mass is 438 g/mol. The van der Waals surface area contributed by atoms with Crippen molar-refractivity contribution in [2.45, 2.75) is 11.4 Å². The van der Waals surface area contributed by atoms with E-state index in [9.17, 15) is 27.3 Å². The Hall–Kier alpha value is -3.04. The summed E-state index contributed by atoms with van der Waals surface area (Å²) in [5.41, 5.74) is -0.181. The maximum atomic E-state index is 14.2. The van der Waals surface area contributed by atoms with Crippen molar-refractivity contribution < 1.29 is 22.1 Å². The number of non-ortho nitro benzene ring substituents is 1. The number of rotatable bonds is 6. The number of nitro groups is 1. The van der Waals surface area contributed by atoms with Crippen LogP contribution in [0.5, 0.6) is 0 Å². The average Bonchev–Trinajstić information content (AvgIpc) is 2.67. The van der Waals surface area contributed by atoms with Gasteiger partial charge in [0, 0.05) is 28.8 Å². The molecule has 6 nitrogen and oxygen atoms in total. The minimum Gasteiger partial charge on any atom is -0.262 e. The molecule has 0 aliphatic rings. The number of benzene rings is 3. The molecule has 150 valence electrons. The topological polar surface area (TPSA) is 80.5 Å². The van der Waals surface area contributed by atoms with Crippen molar-refractivity contribution in [2.75, 3.05) is 4.31 Å². The molecule has 0 aliphatic heterocycles. The summed E-state index contributed by atoms with van der Waals surface area (Å²) in [5, 5.41) is 11.1. The molecule has 0 amide bonds. The Bertz CT molecular complexity index is 1170. The number of nitro benzene ring substituents is 1. The van der Waals surface area contributed by atoms with Crippen molar-refractivity contribution in [1.82, 2.24) is 0 Å². The Morgan fingerprint density at radius 2 is 1.69 bits per heavy atom. The maximum absolute atomic E-state index is 14.2. The lowest BCUT2D eigenvalue weighted by Gasteiger charge is -2.25. The molecule has 0 fully saturated rings. The van der Waals surface area contributed by atoms with E-state index in [4.69, 9.17) is 11.6 Å². The largest absolute Gasteiger partial charge is 0.269 e. The summed E-state index contributed by atoms with van der Waals surface area (Å²) in [6, 6.07) is 13.0. The van der Waals surface area contributed by atoms with Gasteiger partial charge in [-0.15, -0.1) is 0 Å². The molecular formula is C19H13ClF2N2O4S. The van der Waals surface area contributed by atoms with Crippen LogP contribution in [0.2, 0.25) is 5.02 Å². The number of nitrogens with zero attached hydrogens (tertiary/aromatic N) is 2. The first-order valence-corrected chi connectivity index (χ1v) is 9.97. The quantitative estimate of drug-likeness (QED) is 0.404. The van der Waals surface area contributed by atoms with E-state index < -0.39 is 33.1 Å². The highest BCUT2D eigenvalue weighted by molar-refractivity contribution is 7.92. The molecule has 0 heterocycles. The van der Waals surface area contributed by atoms with Crippen molar-refractivity contribution in [3.05, 3.63) is 99.1 Å². The molecular weight excluding hydrogens is 426 g/mol. The normalized spacial score (nSPS) is 11.3. The minimum absolute atomic E-state index is 0.0585. The Balaban J connectivity index is 2.09. The van der Waals surface area contributed by atoms with E-state index in [1.165, 1.54) is 18.2 Å². The molecule has 0 radical (unpaired) electrons. The van der Waals surface area contributed by atoms with Crippen molar-refractivity contribution in [2.24, 2.45) is 0 Å². The third-order valence-corrected chi connectivity index (χ3v) is 6.08. The SMILES string of the molecule is O=[N+]([O-])c1ccc(S(=O)(=O)N(Cc2ccc(F)cc2F)c2cccc(Cl)c2)cc1. The lowest BCUT2D eigenvalue weighted by atomic mass is 10.2. The zero-order valence-corrected chi connectivity index (χ0v) is 16.2. The fourth-order valence-corrected chi connectivity index (χ4v) is 4.24. The molecule has 29 heavy (non-hydrogen) atoms. The summed E-state index contributed by atoms with van der Waals surface area (Å²) in [6.07, 6.45) is 0. The molecule has 10 heteroatoms. The molecule has 0 saturated carbocycles. The molecule has 3 aromatic carbocycles. The second-order valence-corrected chi connectivity index (χ2v) is 8.28. The van der Waals surface area contributed by atoms with Gasteiger partial charge in [0.1, 0.15) is 11.6 Å². The van der Waals surface area contributed by atoms with E-state index in [1.807, 2.05) is 0 Å². The maximum Gasteiger partial charge on any atom is 0.269 e. The lowest BCUT2D eigenvalue weighted by Crippen LogP contribution is -2.31. The third-order valence-electron chi connectivity index (χ3n) is 4.06. The third kappa shape index (κ3) is 4.52. The molecule has 0 spiro atoms. The van der Waals surface area contributed by atoms with Gasteiger partial charge in [-0.25, -0.2) is 17.2 Å². The second kappa shape index (κ2) is 8.14. The fourth-order valence-electron chi connectivity index (χ4n) is 2.62. The Kier molecular flexibility index (Phi) is 5.81. The predicted octanol–water partition coefficient (Wildman–Crippen LogP) is 4.92. The van der Waals surface area contributed by atoms with E-state index in [-0.39, 0.29) is 26.9 Å². The van der Waals surface area contributed by atoms with E-state index >= 15 is 0 Å². The van der Waals surface area contributed by atoms with Gasteiger partial charge in [-0.3, -0.25) is 14.4 Å². The summed E-state index contributed by atoms with van der Waals surface area (Å²) in [6.45, 7) is -0.439. The van der Waals surface area contributed by atoms with Crippen LogP contribution < -0.4 is 4.31 Å². The number of halogens is 3. The van der Waals surface area contributed by atoms with E-state index in [2.05, 4.69) is 0 Å². The Morgan fingerprint density at radius 3 is 2.28 bits per heavy atom. The van der Waals surface area contributed by atoms with Crippen molar-refractivity contribution in [3.8, 4) is 0 Å². The standard InChI is InChI=1S/C19H13ClF2N2O4S/c20-14-2-1-3-17(10-14)23(12-13-4-5-15(21)11-19(13)22)29(27,28)18-8-6-16(7-9-18)24(25)26/h1-11H,12H2. The van der Waals surface area contributed by atoms with Gasteiger partial charge in [-0.05, 0) is 36.4 Å². The molecule has 0 bridgehead atoms. The first kappa shape index (κ1) is 20.7. The highest BCUT2D eigenvalue weighted by Crippen LogP contribution is 2.29. The van der Waals surface area contributed by atoms with Gasteiger partial charge in [-0.2, -0.15) is 0 Å². The van der Waals surface area contributed by atoms with Crippen LogP contribution in [0.1, 0.15) is 5.56 Å². The van der Waals surface area contributed by atoms with Gasteiger partial charge in [0.05, 0.1) is 22.1 Å². The summed E-state index contributed by atoms with van der Waals surface area (Å²) < 4.78 is 54.7. The smallest absolute Gasteiger partial charge is 0.262 e. The van der Waals surface area contributed by atoms with Crippen molar-refractivity contribution in [3.63, 3.8) is 0 Å². The minimum atomic E-state index is -4.25. The van der Waals surface area contributed by atoms with Gasteiger partial charge < -0.3 is 0 Å². The van der Waals surface area contributed by atoms with E-state index in [0.29, 0.717) is 6.07 Å². The van der Waals surface area contributed by atoms with Crippen LogP contribution in [-0.2, 0) is 16.6 Å². The van der Waals surface area contributed by atoms with Gasteiger partial charge in [-0.1, -0.05) is 23.7 Å². The molecule has 3 aromatic rings. The van der Waals surface area contributed by atoms with E-state index in [1.54, 1.807) is 6.07 Å².